The van der Waals surface area contributed by atoms with Gasteiger partial charge < -0.3 is 0 Å². The molecule has 1 heterocycles. The molecule has 1 unspecified atom stereocenters. The van der Waals surface area contributed by atoms with Crippen LogP contribution in [-0.2, 0) is 12.8 Å². The Morgan fingerprint density at radius 3 is 3.25 bits per heavy atom. The van der Waals surface area contributed by atoms with Crippen molar-refractivity contribution in [2.75, 3.05) is 0 Å². The Labute approximate surface area is 71.6 Å². The van der Waals surface area contributed by atoms with Crippen molar-refractivity contribution in [3.63, 3.8) is 0 Å². The van der Waals surface area contributed by atoms with Crippen LogP contribution in [0.25, 0.3) is 0 Å². The SMILES string of the molecule is Cc1cnc2c(c1)CC(F)CC2. The highest BCUT2D eigenvalue weighted by molar-refractivity contribution is 5.27. The standard InChI is InChI=1S/C10H12FN/c1-7-4-8-5-9(11)2-3-10(8)12-6-7/h4,6,9H,2-3,5H2,1H3. The van der Waals surface area contributed by atoms with E-state index in [9.17, 15) is 4.39 Å². The van der Waals surface area contributed by atoms with Gasteiger partial charge >= 0.3 is 0 Å². The zero-order chi connectivity index (χ0) is 8.55. The number of alkyl halides is 1. The molecule has 0 saturated heterocycles. The van der Waals surface area contributed by atoms with Crippen LogP contribution < -0.4 is 0 Å². The normalized spacial score (nSPS) is 22.0. The zero-order valence-corrected chi connectivity index (χ0v) is 7.18. The molecule has 2 rings (SSSR count). The first-order chi connectivity index (χ1) is 5.75. The van der Waals surface area contributed by atoms with Crippen molar-refractivity contribution in [1.29, 1.82) is 0 Å². The Morgan fingerprint density at radius 1 is 1.58 bits per heavy atom. The largest absolute Gasteiger partial charge is 0.261 e. The van der Waals surface area contributed by atoms with E-state index < -0.39 is 6.17 Å². The zero-order valence-electron chi connectivity index (χ0n) is 7.18. The van der Waals surface area contributed by atoms with E-state index in [1.54, 1.807) is 0 Å². The molecule has 12 heavy (non-hydrogen) atoms. The summed E-state index contributed by atoms with van der Waals surface area (Å²) in [5.74, 6) is 0. The first-order valence-electron chi connectivity index (χ1n) is 4.34. The number of aryl methyl sites for hydroxylation is 2. The van der Waals surface area contributed by atoms with Crippen LogP contribution in [-0.4, -0.2) is 11.2 Å². The van der Waals surface area contributed by atoms with E-state index in [1.807, 2.05) is 19.2 Å². The van der Waals surface area contributed by atoms with Crippen LogP contribution in [0.3, 0.4) is 0 Å². The average Bonchev–Trinajstić information content (AvgIpc) is 2.03. The van der Waals surface area contributed by atoms with Gasteiger partial charge in [-0.1, -0.05) is 6.07 Å². The van der Waals surface area contributed by atoms with E-state index >= 15 is 0 Å². The molecule has 0 aliphatic heterocycles. The molecule has 2 heteroatoms. The first-order valence-corrected chi connectivity index (χ1v) is 4.34. The number of hydrogen-bond donors (Lipinski definition) is 0. The van der Waals surface area contributed by atoms with E-state index in [2.05, 4.69) is 4.98 Å². The molecular formula is C10H12FN. The number of rotatable bonds is 0. The number of fused-ring (bicyclic) bond motifs is 1. The molecule has 0 amide bonds. The molecule has 1 aromatic heterocycles. The van der Waals surface area contributed by atoms with Crippen LogP contribution in [0.1, 0.15) is 23.2 Å². The lowest BCUT2D eigenvalue weighted by Crippen LogP contribution is -2.16. The van der Waals surface area contributed by atoms with Crippen LogP contribution in [0.4, 0.5) is 4.39 Å². The number of halogens is 1. The fraction of sp³-hybridized carbons (Fsp3) is 0.500. The van der Waals surface area contributed by atoms with Crippen LogP contribution in [0.2, 0.25) is 0 Å². The van der Waals surface area contributed by atoms with E-state index in [4.69, 9.17) is 0 Å². The minimum atomic E-state index is -0.652. The Morgan fingerprint density at radius 2 is 2.42 bits per heavy atom. The van der Waals surface area contributed by atoms with Gasteiger partial charge in [0.1, 0.15) is 6.17 Å². The highest BCUT2D eigenvalue weighted by Crippen LogP contribution is 2.21. The number of pyridine rings is 1. The predicted octanol–water partition coefficient (Wildman–Crippen LogP) is 2.22. The third-order valence-corrected chi connectivity index (χ3v) is 2.33. The summed E-state index contributed by atoms with van der Waals surface area (Å²) in [5.41, 5.74) is 3.33. The molecule has 1 nitrogen and oxygen atoms in total. The molecule has 64 valence electrons. The first kappa shape index (κ1) is 7.71. The molecule has 1 aliphatic rings. The van der Waals surface area contributed by atoms with Crippen LogP contribution in [0.5, 0.6) is 0 Å². The van der Waals surface area contributed by atoms with Crippen molar-refractivity contribution >= 4 is 0 Å². The van der Waals surface area contributed by atoms with Gasteiger partial charge in [0.15, 0.2) is 0 Å². The highest BCUT2D eigenvalue weighted by atomic mass is 19.1. The maximum absolute atomic E-state index is 13.0. The van der Waals surface area contributed by atoms with Crippen molar-refractivity contribution in [3.05, 3.63) is 29.1 Å². The molecule has 1 aliphatic carbocycles. The Kier molecular flexibility index (Phi) is 1.83. The van der Waals surface area contributed by atoms with E-state index in [0.29, 0.717) is 12.8 Å². The molecule has 0 radical (unpaired) electrons. The third kappa shape index (κ3) is 1.33. The van der Waals surface area contributed by atoms with Gasteiger partial charge in [0.05, 0.1) is 0 Å². The number of hydrogen-bond acceptors (Lipinski definition) is 1. The lowest BCUT2D eigenvalue weighted by atomic mass is 9.94. The molecule has 1 aromatic rings. The van der Waals surface area contributed by atoms with Crippen LogP contribution in [0, 0.1) is 6.92 Å². The van der Waals surface area contributed by atoms with E-state index in [-0.39, 0.29) is 0 Å². The van der Waals surface area contributed by atoms with Gasteiger partial charge in [0, 0.05) is 18.3 Å². The maximum Gasteiger partial charge on any atom is 0.105 e. The lowest BCUT2D eigenvalue weighted by Gasteiger charge is -2.17. The topological polar surface area (TPSA) is 12.9 Å². The van der Waals surface area contributed by atoms with Gasteiger partial charge in [-0.05, 0) is 30.9 Å². The van der Waals surface area contributed by atoms with Crippen molar-refractivity contribution in [2.45, 2.75) is 32.4 Å². The highest BCUT2D eigenvalue weighted by Gasteiger charge is 2.18. The quantitative estimate of drug-likeness (QED) is 0.574. The van der Waals surface area contributed by atoms with Gasteiger partial charge in [0.2, 0.25) is 0 Å². The van der Waals surface area contributed by atoms with Crippen molar-refractivity contribution in [3.8, 4) is 0 Å². The second-order valence-electron chi connectivity index (χ2n) is 3.46. The van der Waals surface area contributed by atoms with Crippen molar-refractivity contribution < 1.29 is 4.39 Å². The summed E-state index contributed by atoms with van der Waals surface area (Å²) in [6.45, 7) is 2.00. The summed E-state index contributed by atoms with van der Waals surface area (Å²) in [7, 11) is 0. The molecule has 0 saturated carbocycles. The summed E-state index contributed by atoms with van der Waals surface area (Å²) < 4.78 is 13.0. The van der Waals surface area contributed by atoms with Crippen LogP contribution in [0.15, 0.2) is 12.3 Å². The monoisotopic (exact) mass is 165 g/mol. The van der Waals surface area contributed by atoms with Gasteiger partial charge in [0.25, 0.3) is 0 Å². The number of nitrogens with zero attached hydrogens (tertiary/aromatic N) is 1. The molecule has 0 bridgehead atoms. The molecule has 0 N–H and O–H groups in total. The summed E-state index contributed by atoms with van der Waals surface area (Å²) in [4.78, 5) is 4.29. The summed E-state index contributed by atoms with van der Waals surface area (Å²) in [6, 6.07) is 2.05. The minimum Gasteiger partial charge on any atom is -0.261 e. The van der Waals surface area contributed by atoms with E-state index in [0.717, 1.165) is 23.2 Å². The van der Waals surface area contributed by atoms with Crippen molar-refractivity contribution in [1.82, 2.24) is 4.98 Å². The summed E-state index contributed by atoms with van der Waals surface area (Å²) in [6.07, 6.45) is 3.21. The molecule has 0 aromatic carbocycles. The fourth-order valence-corrected chi connectivity index (χ4v) is 1.69. The fourth-order valence-electron chi connectivity index (χ4n) is 1.69. The van der Waals surface area contributed by atoms with E-state index in [1.165, 1.54) is 0 Å². The predicted molar refractivity (Wildman–Crippen MR) is 45.9 cm³/mol. The summed E-state index contributed by atoms with van der Waals surface area (Å²) >= 11 is 0. The smallest absolute Gasteiger partial charge is 0.105 e. The Balaban J connectivity index is 2.37. The summed E-state index contributed by atoms with van der Waals surface area (Å²) in [5, 5.41) is 0. The van der Waals surface area contributed by atoms with Gasteiger partial charge in [-0.3, -0.25) is 4.98 Å². The second-order valence-corrected chi connectivity index (χ2v) is 3.46. The maximum atomic E-state index is 13.0. The molecule has 0 spiro atoms. The van der Waals surface area contributed by atoms with Gasteiger partial charge in [-0.25, -0.2) is 4.39 Å². The Bertz CT molecular complexity index is 296. The second kappa shape index (κ2) is 2.85. The molecular weight excluding hydrogens is 153 g/mol. The van der Waals surface area contributed by atoms with Crippen LogP contribution >= 0.6 is 0 Å². The number of aromatic nitrogens is 1. The van der Waals surface area contributed by atoms with Gasteiger partial charge in [-0.15, -0.1) is 0 Å². The minimum absolute atomic E-state index is 0.560. The third-order valence-electron chi connectivity index (χ3n) is 2.33. The van der Waals surface area contributed by atoms with Crippen molar-refractivity contribution in [2.24, 2.45) is 0 Å². The Hall–Kier alpha value is -0.920. The molecule has 0 fully saturated rings. The average molecular weight is 165 g/mol. The molecule has 1 atom stereocenters. The van der Waals surface area contributed by atoms with Gasteiger partial charge in [-0.2, -0.15) is 0 Å². The lowest BCUT2D eigenvalue weighted by molar-refractivity contribution is 0.299.